The molecule has 0 atom stereocenters. The van der Waals surface area contributed by atoms with Crippen LogP contribution in [0.5, 0.6) is 0 Å². The zero-order valence-corrected chi connectivity index (χ0v) is 19.9. The molecule has 0 amide bonds. The van der Waals surface area contributed by atoms with E-state index in [9.17, 15) is 5.26 Å². The molecule has 0 aliphatic carbocycles. The number of halogens is 2. The minimum Gasteiger partial charge on any atom is -0.365 e. The molecule has 3 aromatic carbocycles. The van der Waals surface area contributed by atoms with Crippen LogP contribution in [0.25, 0.3) is 28.1 Å². The summed E-state index contributed by atoms with van der Waals surface area (Å²) < 4.78 is 0. The van der Waals surface area contributed by atoms with Gasteiger partial charge in [0.2, 0.25) is 0 Å². The number of nitrogens with zero attached hydrogens (tertiary/aromatic N) is 1. The average Bonchev–Trinajstić information content (AvgIpc) is 3.20. The number of nitrogens with one attached hydrogen (secondary N) is 1. The fourth-order valence-corrected chi connectivity index (χ4v) is 4.63. The number of aromatic nitrogens is 1. The number of aliphatic hydroxyl groups excluding tert-OH is 1. The van der Waals surface area contributed by atoms with E-state index in [1.807, 2.05) is 54.6 Å². The first-order chi connectivity index (χ1) is 16.4. The lowest BCUT2D eigenvalue weighted by Crippen LogP contribution is -1.99. The van der Waals surface area contributed by atoms with Gasteiger partial charge in [0.15, 0.2) is 6.29 Å². The van der Waals surface area contributed by atoms with Crippen molar-refractivity contribution in [2.24, 2.45) is 0 Å². The summed E-state index contributed by atoms with van der Waals surface area (Å²) in [5.41, 5.74) is 6.56. The summed E-state index contributed by atoms with van der Waals surface area (Å²) in [5.74, 6) is 0. The zero-order valence-electron chi connectivity index (χ0n) is 18.4. The molecule has 0 aliphatic rings. The van der Waals surface area contributed by atoms with Gasteiger partial charge in [-0.25, -0.2) is 0 Å². The molecule has 3 N–H and O–H groups in total. The molecule has 0 fully saturated rings. The van der Waals surface area contributed by atoms with Crippen molar-refractivity contribution in [3.8, 4) is 6.07 Å². The monoisotopic (exact) mass is 488 g/mol. The standard InChI is InChI=1S/C28H22Cl2N2O2/c1-2-20(21-13-12-19(29)15-24(21)30)27(18-10-7-17(8-11-18)9-14-26(33)34)28-23(16-31)22-5-3-4-6-25(22)32-28/h3-15,26,32-34H,2H2,1H3/b14-9+,27-20+. The summed E-state index contributed by atoms with van der Waals surface area (Å²) in [4.78, 5) is 3.45. The van der Waals surface area contributed by atoms with E-state index in [0.717, 1.165) is 44.4 Å². The van der Waals surface area contributed by atoms with E-state index in [0.29, 0.717) is 22.0 Å². The van der Waals surface area contributed by atoms with Gasteiger partial charge in [-0.1, -0.05) is 84.7 Å². The molecule has 4 rings (SSSR count). The van der Waals surface area contributed by atoms with Crippen LogP contribution in [0.2, 0.25) is 10.0 Å². The SMILES string of the molecule is CC/C(=C(/c1ccc(/C=C/C(O)O)cc1)c1[nH]c2ccccc2c1C#N)c1ccc(Cl)cc1Cl. The van der Waals surface area contributed by atoms with Crippen LogP contribution in [0, 0.1) is 11.3 Å². The van der Waals surface area contributed by atoms with Crippen LogP contribution in [0.4, 0.5) is 0 Å². The Morgan fingerprint density at radius 3 is 2.44 bits per heavy atom. The molecule has 0 bridgehead atoms. The largest absolute Gasteiger partial charge is 0.365 e. The van der Waals surface area contributed by atoms with Crippen molar-refractivity contribution in [2.45, 2.75) is 19.6 Å². The Labute approximate surface area is 208 Å². The van der Waals surface area contributed by atoms with Gasteiger partial charge in [0.25, 0.3) is 0 Å². The van der Waals surface area contributed by atoms with Gasteiger partial charge in [-0.3, -0.25) is 0 Å². The van der Waals surface area contributed by atoms with Crippen molar-refractivity contribution in [3.05, 3.63) is 111 Å². The van der Waals surface area contributed by atoms with E-state index in [1.54, 1.807) is 18.2 Å². The molecular formula is C28H22Cl2N2O2. The van der Waals surface area contributed by atoms with Crippen LogP contribution < -0.4 is 0 Å². The third-order valence-corrected chi connectivity index (χ3v) is 6.19. The maximum absolute atomic E-state index is 10.1. The van der Waals surface area contributed by atoms with Gasteiger partial charge < -0.3 is 15.2 Å². The third-order valence-electron chi connectivity index (χ3n) is 5.64. The van der Waals surface area contributed by atoms with Crippen LogP contribution in [0.1, 0.15) is 41.3 Å². The van der Waals surface area contributed by atoms with Crippen molar-refractivity contribution in [1.82, 2.24) is 4.98 Å². The number of hydrogen-bond donors (Lipinski definition) is 3. The number of aliphatic hydroxyl groups is 2. The number of nitriles is 1. The second-order valence-electron chi connectivity index (χ2n) is 7.76. The van der Waals surface area contributed by atoms with E-state index < -0.39 is 6.29 Å². The fraction of sp³-hybridized carbons (Fsp3) is 0.107. The van der Waals surface area contributed by atoms with Crippen LogP contribution in [0.15, 0.2) is 72.8 Å². The first-order valence-corrected chi connectivity index (χ1v) is 11.5. The molecule has 6 heteroatoms. The molecule has 4 aromatic rings. The summed E-state index contributed by atoms with van der Waals surface area (Å²) in [7, 11) is 0. The highest BCUT2D eigenvalue weighted by Gasteiger charge is 2.21. The normalized spacial score (nSPS) is 12.4. The minimum atomic E-state index is -1.52. The molecular weight excluding hydrogens is 467 g/mol. The highest BCUT2D eigenvalue weighted by molar-refractivity contribution is 6.36. The number of aromatic amines is 1. The van der Waals surface area contributed by atoms with Gasteiger partial charge in [0.05, 0.1) is 11.3 Å². The molecule has 0 radical (unpaired) electrons. The molecule has 1 heterocycles. The Hall–Kier alpha value is -3.33. The van der Waals surface area contributed by atoms with Crippen LogP contribution in [0.3, 0.4) is 0 Å². The predicted octanol–water partition coefficient (Wildman–Crippen LogP) is 7.04. The van der Waals surface area contributed by atoms with E-state index in [2.05, 4.69) is 18.0 Å². The number of H-pyrrole nitrogens is 1. The van der Waals surface area contributed by atoms with Crippen molar-refractivity contribution >= 4 is 51.3 Å². The number of rotatable bonds is 6. The number of hydrogen-bond acceptors (Lipinski definition) is 3. The van der Waals surface area contributed by atoms with E-state index in [4.69, 9.17) is 33.4 Å². The quantitative estimate of drug-likeness (QED) is 0.201. The Bertz CT molecular complexity index is 1440. The molecule has 4 nitrogen and oxygen atoms in total. The molecule has 170 valence electrons. The van der Waals surface area contributed by atoms with Crippen LogP contribution in [-0.2, 0) is 0 Å². The van der Waals surface area contributed by atoms with Gasteiger partial charge >= 0.3 is 0 Å². The van der Waals surface area contributed by atoms with Gasteiger partial charge in [-0.15, -0.1) is 0 Å². The lowest BCUT2D eigenvalue weighted by molar-refractivity contribution is 0.00303. The number of benzene rings is 3. The summed E-state index contributed by atoms with van der Waals surface area (Å²) in [5, 5.41) is 30.3. The molecule has 0 saturated heterocycles. The molecule has 0 spiro atoms. The number of fused-ring (bicyclic) bond motifs is 1. The lowest BCUT2D eigenvalue weighted by Gasteiger charge is -2.17. The smallest absolute Gasteiger partial charge is 0.171 e. The van der Waals surface area contributed by atoms with Gasteiger partial charge in [0.1, 0.15) is 6.07 Å². The van der Waals surface area contributed by atoms with E-state index >= 15 is 0 Å². The predicted molar refractivity (Wildman–Crippen MR) is 139 cm³/mol. The minimum absolute atomic E-state index is 0.535. The number of para-hydroxylation sites is 1. The summed E-state index contributed by atoms with van der Waals surface area (Å²) in [6.07, 6.45) is 2.08. The van der Waals surface area contributed by atoms with E-state index in [1.165, 1.54) is 6.08 Å². The first-order valence-electron chi connectivity index (χ1n) is 10.8. The Balaban J connectivity index is 2.01. The molecule has 34 heavy (non-hydrogen) atoms. The highest BCUT2D eigenvalue weighted by atomic mass is 35.5. The van der Waals surface area contributed by atoms with Crippen molar-refractivity contribution < 1.29 is 10.2 Å². The summed E-state index contributed by atoms with van der Waals surface area (Å²) in [6, 6.07) is 23.2. The van der Waals surface area contributed by atoms with Crippen molar-refractivity contribution in [2.75, 3.05) is 0 Å². The Morgan fingerprint density at radius 1 is 1.06 bits per heavy atom. The summed E-state index contributed by atoms with van der Waals surface area (Å²) >= 11 is 12.8. The van der Waals surface area contributed by atoms with Crippen molar-refractivity contribution in [1.29, 1.82) is 5.26 Å². The average molecular weight is 489 g/mol. The van der Waals surface area contributed by atoms with Gasteiger partial charge in [-0.2, -0.15) is 5.26 Å². The topological polar surface area (TPSA) is 80.0 Å². The Morgan fingerprint density at radius 2 is 1.79 bits per heavy atom. The van der Waals surface area contributed by atoms with E-state index in [-0.39, 0.29) is 0 Å². The first kappa shape index (κ1) is 23.8. The van der Waals surface area contributed by atoms with Crippen LogP contribution in [-0.4, -0.2) is 21.5 Å². The maximum Gasteiger partial charge on any atom is 0.171 e. The molecule has 0 unspecified atom stereocenters. The van der Waals surface area contributed by atoms with Crippen LogP contribution >= 0.6 is 23.2 Å². The van der Waals surface area contributed by atoms with Gasteiger partial charge in [-0.05, 0) is 53.0 Å². The third kappa shape index (κ3) is 4.79. The fourth-order valence-electron chi connectivity index (χ4n) is 4.11. The lowest BCUT2D eigenvalue weighted by atomic mass is 9.89. The number of allylic oxidation sites excluding steroid dienone is 1. The van der Waals surface area contributed by atoms with Gasteiger partial charge in [0, 0.05) is 26.5 Å². The second-order valence-corrected chi connectivity index (χ2v) is 8.60. The zero-order chi connectivity index (χ0) is 24.2. The highest BCUT2D eigenvalue weighted by Crippen LogP contribution is 2.40. The van der Waals surface area contributed by atoms with Crippen molar-refractivity contribution in [3.63, 3.8) is 0 Å². The molecule has 1 aromatic heterocycles. The maximum atomic E-state index is 10.1. The Kier molecular flexibility index (Phi) is 7.21. The summed E-state index contributed by atoms with van der Waals surface area (Å²) in [6.45, 7) is 2.05. The molecule has 0 saturated carbocycles. The molecule has 0 aliphatic heterocycles. The second kappa shape index (κ2) is 10.3.